The maximum absolute atomic E-state index is 12.8. The molecule has 20 heavy (non-hydrogen) atoms. The number of thioether (sulfide) groups is 1. The summed E-state index contributed by atoms with van der Waals surface area (Å²) in [6, 6.07) is 6.90. The van der Waals surface area contributed by atoms with E-state index in [1.807, 2.05) is 0 Å². The van der Waals surface area contributed by atoms with Crippen LogP contribution >= 0.6 is 11.8 Å². The summed E-state index contributed by atoms with van der Waals surface area (Å²) in [7, 11) is 0. The quantitative estimate of drug-likeness (QED) is 0.902. The summed E-state index contributed by atoms with van der Waals surface area (Å²) in [6.45, 7) is 0. The van der Waals surface area contributed by atoms with E-state index in [9.17, 15) is 9.18 Å². The molecule has 1 amide bonds. The van der Waals surface area contributed by atoms with E-state index in [1.54, 1.807) is 23.9 Å². The fraction of sp³-hybridized carbons (Fsp3) is 0.562. The van der Waals surface area contributed by atoms with E-state index >= 15 is 0 Å². The minimum atomic E-state index is -0.215. The van der Waals surface area contributed by atoms with Gasteiger partial charge in [-0.15, -0.1) is 11.8 Å². The van der Waals surface area contributed by atoms with Crippen LogP contribution in [0.25, 0.3) is 0 Å². The molecular formula is C16H20FNOS. The third kappa shape index (κ3) is 3.35. The van der Waals surface area contributed by atoms with Gasteiger partial charge in [-0.3, -0.25) is 4.79 Å². The summed E-state index contributed by atoms with van der Waals surface area (Å²) in [5, 5.41) is 3.19. The molecular weight excluding hydrogens is 273 g/mol. The lowest BCUT2D eigenvalue weighted by Gasteiger charge is -2.22. The standard InChI is InChI=1S/C16H20FNOS/c17-14-5-2-11(3-6-14)9-20-10-16(19)18-15-8-12-1-4-13(15)7-12/h2-3,5-6,12-13,15H,1,4,7-10H2,(H,18,19)/t12-,13-,15-/m0/s1. The topological polar surface area (TPSA) is 29.1 Å². The van der Waals surface area contributed by atoms with Crippen LogP contribution in [0.2, 0.25) is 0 Å². The Morgan fingerprint density at radius 2 is 2.05 bits per heavy atom. The van der Waals surface area contributed by atoms with Crippen LogP contribution in [-0.2, 0) is 10.5 Å². The highest BCUT2D eigenvalue weighted by molar-refractivity contribution is 7.99. The molecule has 3 atom stereocenters. The van der Waals surface area contributed by atoms with Crippen LogP contribution in [0.4, 0.5) is 4.39 Å². The van der Waals surface area contributed by atoms with Gasteiger partial charge in [0.2, 0.25) is 5.91 Å². The van der Waals surface area contributed by atoms with Crippen LogP contribution < -0.4 is 5.32 Å². The van der Waals surface area contributed by atoms with E-state index in [2.05, 4.69) is 5.32 Å². The number of carbonyl (C=O) groups is 1. The van der Waals surface area contributed by atoms with Crippen molar-refractivity contribution in [2.45, 2.75) is 37.5 Å². The smallest absolute Gasteiger partial charge is 0.230 e. The molecule has 2 nitrogen and oxygen atoms in total. The highest BCUT2D eigenvalue weighted by Gasteiger charge is 2.39. The van der Waals surface area contributed by atoms with E-state index in [0.717, 1.165) is 23.2 Å². The normalized spacial score (nSPS) is 27.8. The number of benzene rings is 1. The molecule has 1 N–H and O–H groups in total. The minimum Gasteiger partial charge on any atom is -0.352 e. The minimum absolute atomic E-state index is 0.148. The summed E-state index contributed by atoms with van der Waals surface area (Å²) >= 11 is 1.59. The van der Waals surface area contributed by atoms with Gasteiger partial charge in [0.05, 0.1) is 5.75 Å². The van der Waals surface area contributed by atoms with Gasteiger partial charge in [-0.05, 0) is 48.8 Å². The maximum Gasteiger partial charge on any atom is 0.230 e. The number of fused-ring (bicyclic) bond motifs is 2. The van der Waals surface area contributed by atoms with Gasteiger partial charge in [0, 0.05) is 11.8 Å². The molecule has 0 aliphatic heterocycles. The number of nitrogens with one attached hydrogen (secondary N) is 1. The molecule has 2 aliphatic carbocycles. The average molecular weight is 293 g/mol. The lowest BCUT2D eigenvalue weighted by molar-refractivity contribution is -0.119. The first-order valence-electron chi connectivity index (χ1n) is 7.32. The molecule has 2 saturated carbocycles. The zero-order valence-electron chi connectivity index (χ0n) is 11.5. The van der Waals surface area contributed by atoms with Gasteiger partial charge >= 0.3 is 0 Å². The van der Waals surface area contributed by atoms with Crippen molar-refractivity contribution in [1.29, 1.82) is 0 Å². The Kier molecular flexibility index (Phi) is 4.29. The van der Waals surface area contributed by atoms with Crippen LogP contribution in [0.1, 0.15) is 31.2 Å². The van der Waals surface area contributed by atoms with Crippen molar-refractivity contribution in [2.24, 2.45) is 11.8 Å². The molecule has 0 heterocycles. The first kappa shape index (κ1) is 13.9. The summed E-state index contributed by atoms with van der Waals surface area (Å²) in [6.07, 6.45) is 5.14. The van der Waals surface area contributed by atoms with Crippen molar-refractivity contribution < 1.29 is 9.18 Å². The van der Waals surface area contributed by atoms with Crippen LogP contribution in [-0.4, -0.2) is 17.7 Å². The molecule has 2 aliphatic rings. The summed E-state index contributed by atoms with van der Waals surface area (Å²) < 4.78 is 12.8. The zero-order valence-corrected chi connectivity index (χ0v) is 12.3. The number of hydrogen-bond acceptors (Lipinski definition) is 2. The predicted molar refractivity (Wildman–Crippen MR) is 79.9 cm³/mol. The lowest BCUT2D eigenvalue weighted by atomic mass is 9.95. The molecule has 108 valence electrons. The molecule has 0 unspecified atom stereocenters. The maximum atomic E-state index is 12.8. The fourth-order valence-electron chi connectivity index (χ4n) is 3.51. The third-order valence-electron chi connectivity index (χ3n) is 4.50. The van der Waals surface area contributed by atoms with E-state index < -0.39 is 0 Å². The summed E-state index contributed by atoms with van der Waals surface area (Å²) in [5.41, 5.74) is 1.06. The van der Waals surface area contributed by atoms with E-state index in [4.69, 9.17) is 0 Å². The summed E-state index contributed by atoms with van der Waals surface area (Å²) in [4.78, 5) is 11.9. The Labute approximate surface area is 123 Å². The van der Waals surface area contributed by atoms with Crippen molar-refractivity contribution in [3.05, 3.63) is 35.6 Å². The van der Waals surface area contributed by atoms with Crippen molar-refractivity contribution in [3.63, 3.8) is 0 Å². The zero-order chi connectivity index (χ0) is 13.9. The lowest BCUT2D eigenvalue weighted by Crippen LogP contribution is -2.39. The molecule has 0 aromatic heterocycles. The van der Waals surface area contributed by atoms with Gasteiger partial charge in [0.15, 0.2) is 0 Å². The van der Waals surface area contributed by atoms with Gasteiger partial charge < -0.3 is 5.32 Å². The van der Waals surface area contributed by atoms with Crippen molar-refractivity contribution in [3.8, 4) is 0 Å². The number of rotatable bonds is 5. The predicted octanol–water partition coefficient (Wildman–Crippen LogP) is 3.36. The van der Waals surface area contributed by atoms with E-state index in [0.29, 0.717) is 11.8 Å². The second kappa shape index (κ2) is 6.17. The second-order valence-electron chi connectivity index (χ2n) is 5.97. The van der Waals surface area contributed by atoms with Crippen LogP contribution in [0.3, 0.4) is 0 Å². The van der Waals surface area contributed by atoms with Crippen molar-refractivity contribution in [1.82, 2.24) is 5.32 Å². The van der Waals surface area contributed by atoms with Crippen LogP contribution in [0, 0.1) is 17.7 Å². The molecule has 0 saturated heterocycles. The van der Waals surface area contributed by atoms with Gasteiger partial charge in [-0.2, -0.15) is 0 Å². The molecule has 2 fully saturated rings. The fourth-order valence-corrected chi connectivity index (χ4v) is 4.31. The molecule has 1 aromatic carbocycles. The van der Waals surface area contributed by atoms with E-state index in [-0.39, 0.29) is 11.7 Å². The van der Waals surface area contributed by atoms with E-state index in [1.165, 1.54) is 37.8 Å². The van der Waals surface area contributed by atoms with Crippen LogP contribution in [0.15, 0.2) is 24.3 Å². The number of hydrogen-bond donors (Lipinski definition) is 1. The highest BCUT2D eigenvalue weighted by Crippen LogP contribution is 2.44. The Morgan fingerprint density at radius 1 is 1.25 bits per heavy atom. The molecule has 1 aromatic rings. The van der Waals surface area contributed by atoms with Gasteiger partial charge in [-0.1, -0.05) is 18.6 Å². The first-order valence-corrected chi connectivity index (χ1v) is 8.48. The molecule has 4 heteroatoms. The highest BCUT2D eigenvalue weighted by atomic mass is 32.2. The average Bonchev–Trinajstić information content (AvgIpc) is 3.03. The Hall–Kier alpha value is -1.03. The molecule has 3 rings (SSSR count). The van der Waals surface area contributed by atoms with Crippen LogP contribution in [0.5, 0.6) is 0 Å². The summed E-state index contributed by atoms with van der Waals surface area (Å²) in [5.74, 6) is 2.76. The SMILES string of the molecule is O=C(CSCc1ccc(F)cc1)N[C@H]1C[C@H]2CC[C@H]1C2. The number of carbonyl (C=O) groups excluding carboxylic acids is 1. The largest absolute Gasteiger partial charge is 0.352 e. The second-order valence-corrected chi connectivity index (χ2v) is 6.95. The monoisotopic (exact) mass is 293 g/mol. The van der Waals surface area contributed by atoms with Gasteiger partial charge in [0.25, 0.3) is 0 Å². The van der Waals surface area contributed by atoms with Crippen molar-refractivity contribution in [2.75, 3.05) is 5.75 Å². The Bertz CT molecular complexity index is 476. The Balaban J connectivity index is 1.38. The molecule has 0 radical (unpaired) electrons. The third-order valence-corrected chi connectivity index (χ3v) is 5.50. The number of amides is 1. The van der Waals surface area contributed by atoms with Gasteiger partial charge in [-0.25, -0.2) is 4.39 Å². The molecule has 2 bridgehead atoms. The molecule has 0 spiro atoms. The number of halogens is 1. The van der Waals surface area contributed by atoms with Gasteiger partial charge in [0.1, 0.15) is 5.82 Å². The Morgan fingerprint density at radius 3 is 2.70 bits per heavy atom. The first-order chi connectivity index (χ1) is 9.70. The van der Waals surface area contributed by atoms with Crippen molar-refractivity contribution >= 4 is 17.7 Å².